The highest BCUT2D eigenvalue weighted by Crippen LogP contribution is 2.38. The van der Waals surface area contributed by atoms with E-state index in [0.717, 1.165) is 13.0 Å². The third-order valence-electron chi connectivity index (χ3n) is 6.42. The van der Waals surface area contributed by atoms with Crippen molar-refractivity contribution in [2.45, 2.75) is 122 Å². The van der Waals surface area contributed by atoms with Crippen LogP contribution in [0.4, 0.5) is 0 Å². The van der Waals surface area contributed by atoms with Crippen LogP contribution in [-0.2, 0) is 4.43 Å². The topological polar surface area (TPSA) is 47.3 Å². The summed E-state index contributed by atoms with van der Waals surface area (Å²) in [6.07, 6.45) is 20.4. The van der Waals surface area contributed by atoms with Gasteiger partial charge in [0.05, 0.1) is 6.10 Å². The standard InChI is InChI=1S/C24H48N2OSi/c1-7-8-9-10-11-12-13-14-15-16-17-18-21-19-23(22(25)20-26-21)27-28(5,6)24(2,3)4/h10-13,21-23,26H,7-9,14-20,25H2,1-6H3/b11-10+,13-12+/t21?,22-,23-/m0/s1. The third kappa shape index (κ3) is 9.86. The van der Waals surface area contributed by atoms with Crippen molar-refractivity contribution in [2.75, 3.05) is 6.54 Å². The number of nitrogens with one attached hydrogen (secondary N) is 1. The lowest BCUT2D eigenvalue weighted by molar-refractivity contribution is 0.102. The molecule has 1 heterocycles. The average molecular weight is 409 g/mol. The lowest BCUT2D eigenvalue weighted by Gasteiger charge is -2.44. The normalized spacial score (nSPS) is 24.5. The Morgan fingerprint density at radius 1 is 1.04 bits per heavy atom. The van der Waals surface area contributed by atoms with Crippen LogP contribution in [-0.4, -0.2) is 33.0 Å². The Balaban J connectivity index is 2.23. The van der Waals surface area contributed by atoms with Gasteiger partial charge < -0.3 is 15.5 Å². The van der Waals surface area contributed by atoms with Crippen molar-refractivity contribution in [1.29, 1.82) is 0 Å². The number of unbranched alkanes of at least 4 members (excludes halogenated alkanes) is 5. The van der Waals surface area contributed by atoms with Gasteiger partial charge in [0.15, 0.2) is 8.32 Å². The first-order valence-electron chi connectivity index (χ1n) is 11.7. The fourth-order valence-corrected chi connectivity index (χ4v) is 4.77. The maximum Gasteiger partial charge on any atom is 0.192 e. The molecule has 0 spiro atoms. The maximum atomic E-state index is 6.65. The Morgan fingerprint density at radius 2 is 1.68 bits per heavy atom. The molecule has 4 heteroatoms. The highest BCUT2D eigenvalue weighted by atomic mass is 28.4. The van der Waals surface area contributed by atoms with Crippen LogP contribution in [0.1, 0.15) is 85.5 Å². The van der Waals surface area contributed by atoms with Crippen molar-refractivity contribution in [1.82, 2.24) is 5.32 Å². The molecule has 1 unspecified atom stereocenters. The Labute approximate surface area is 176 Å². The summed E-state index contributed by atoms with van der Waals surface area (Å²) in [5, 5.41) is 3.89. The van der Waals surface area contributed by atoms with Gasteiger partial charge >= 0.3 is 0 Å². The quantitative estimate of drug-likeness (QED) is 0.226. The summed E-state index contributed by atoms with van der Waals surface area (Å²) in [4.78, 5) is 0. The molecule has 0 bridgehead atoms. The molecule has 1 rings (SSSR count). The zero-order valence-corrected chi connectivity index (χ0v) is 20.6. The largest absolute Gasteiger partial charge is 0.412 e. The lowest BCUT2D eigenvalue weighted by atomic mass is 9.94. The number of allylic oxidation sites excluding steroid dienone is 4. The van der Waals surface area contributed by atoms with Crippen molar-refractivity contribution in [3.63, 3.8) is 0 Å². The van der Waals surface area contributed by atoms with Gasteiger partial charge in [0, 0.05) is 18.6 Å². The van der Waals surface area contributed by atoms with E-state index in [0.29, 0.717) is 6.04 Å². The maximum absolute atomic E-state index is 6.65. The highest BCUT2D eigenvalue weighted by Gasteiger charge is 2.41. The molecule has 3 N–H and O–H groups in total. The molecule has 3 nitrogen and oxygen atoms in total. The molecule has 164 valence electrons. The van der Waals surface area contributed by atoms with Gasteiger partial charge in [-0.25, -0.2) is 0 Å². The molecule has 0 aromatic rings. The predicted octanol–water partition coefficient (Wildman–Crippen LogP) is 6.32. The van der Waals surface area contributed by atoms with Crippen LogP contribution in [0, 0.1) is 0 Å². The molecular weight excluding hydrogens is 360 g/mol. The second-order valence-corrected chi connectivity index (χ2v) is 14.8. The number of rotatable bonds is 12. The van der Waals surface area contributed by atoms with Crippen molar-refractivity contribution < 1.29 is 4.43 Å². The molecule has 1 aliphatic heterocycles. The second-order valence-electron chi connectivity index (χ2n) is 10.1. The molecule has 0 radical (unpaired) electrons. The van der Waals surface area contributed by atoms with Gasteiger partial charge in [-0.15, -0.1) is 0 Å². The Kier molecular flexibility index (Phi) is 11.9. The number of hydrogen-bond acceptors (Lipinski definition) is 3. The van der Waals surface area contributed by atoms with E-state index in [4.69, 9.17) is 10.2 Å². The van der Waals surface area contributed by atoms with Crippen LogP contribution in [0.5, 0.6) is 0 Å². The number of hydrogen-bond donors (Lipinski definition) is 2. The third-order valence-corrected chi connectivity index (χ3v) is 10.9. The van der Waals surface area contributed by atoms with E-state index >= 15 is 0 Å². The van der Waals surface area contributed by atoms with E-state index in [9.17, 15) is 0 Å². The summed E-state index contributed by atoms with van der Waals surface area (Å²) in [5.74, 6) is 0. The van der Waals surface area contributed by atoms with E-state index in [1.165, 1.54) is 51.4 Å². The van der Waals surface area contributed by atoms with E-state index in [1.54, 1.807) is 0 Å². The molecule has 1 aliphatic rings. The van der Waals surface area contributed by atoms with Crippen LogP contribution in [0.2, 0.25) is 18.1 Å². The van der Waals surface area contributed by atoms with Crippen molar-refractivity contribution in [3.8, 4) is 0 Å². The predicted molar refractivity (Wildman–Crippen MR) is 127 cm³/mol. The lowest BCUT2D eigenvalue weighted by Crippen LogP contribution is -2.58. The van der Waals surface area contributed by atoms with E-state index in [2.05, 4.69) is 70.4 Å². The van der Waals surface area contributed by atoms with Gasteiger partial charge in [0.1, 0.15) is 0 Å². The minimum absolute atomic E-state index is 0.126. The van der Waals surface area contributed by atoms with Gasteiger partial charge in [-0.1, -0.05) is 77.7 Å². The summed E-state index contributed by atoms with van der Waals surface area (Å²) >= 11 is 0. The SMILES string of the molecule is CCCC/C=C/C=C/CCCCCC1C[C@H](O[Si](C)(C)C(C)(C)C)[C@@H](N)CN1. The summed E-state index contributed by atoms with van der Waals surface area (Å²) in [5.41, 5.74) is 6.37. The smallest absolute Gasteiger partial charge is 0.192 e. The summed E-state index contributed by atoms with van der Waals surface area (Å²) < 4.78 is 6.65. The first-order valence-corrected chi connectivity index (χ1v) is 14.6. The molecule has 0 aromatic carbocycles. The van der Waals surface area contributed by atoms with Gasteiger partial charge in [0.25, 0.3) is 0 Å². The van der Waals surface area contributed by atoms with Crippen LogP contribution in [0.3, 0.4) is 0 Å². The van der Waals surface area contributed by atoms with Crippen LogP contribution < -0.4 is 11.1 Å². The molecule has 28 heavy (non-hydrogen) atoms. The van der Waals surface area contributed by atoms with Gasteiger partial charge in [-0.2, -0.15) is 0 Å². The monoisotopic (exact) mass is 408 g/mol. The first kappa shape index (κ1) is 25.6. The molecule has 0 amide bonds. The zero-order chi connectivity index (χ0) is 21.0. The Bertz CT molecular complexity index is 468. The van der Waals surface area contributed by atoms with Crippen LogP contribution in [0.15, 0.2) is 24.3 Å². The van der Waals surface area contributed by atoms with Crippen LogP contribution in [0.25, 0.3) is 0 Å². The van der Waals surface area contributed by atoms with Gasteiger partial charge in [-0.3, -0.25) is 0 Å². The molecular formula is C24H48N2OSi. The van der Waals surface area contributed by atoms with Crippen molar-refractivity contribution in [2.24, 2.45) is 5.73 Å². The second kappa shape index (κ2) is 13.0. The average Bonchev–Trinajstić information content (AvgIpc) is 2.61. The first-order chi connectivity index (χ1) is 13.2. The zero-order valence-electron chi connectivity index (χ0n) is 19.6. The van der Waals surface area contributed by atoms with Gasteiger partial charge in [0.2, 0.25) is 0 Å². The Morgan fingerprint density at radius 3 is 2.29 bits per heavy atom. The highest BCUT2D eigenvalue weighted by molar-refractivity contribution is 6.74. The van der Waals surface area contributed by atoms with E-state index < -0.39 is 8.32 Å². The minimum Gasteiger partial charge on any atom is -0.412 e. The molecule has 0 aromatic heterocycles. The molecule has 1 saturated heterocycles. The van der Waals surface area contributed by atoms with E-state index in [1.807, 2.05) is 0 Å². The Hall–Kier alpha value is -0.423. The fourth-order valence-electron chi connectivity index (χ4n) is 3.38. The van der Waals surface area contributed by atoms with Crippen molar-refractivity contribution in [3.05, 3.63) is 24.3 Å². The summed E-state index contributed by atoms with van der Waals surface area (Å²) in [7, 11) is -1.75. The van der Waals surface area contributed by atoms with Crippen LogP contribution >= 0.6 is 0 Å². The van der Waals surface area contributed by atoms with Crippen molar-refractivity contribution >= 4 is 8.32 Å². The molecule has 1 fully saturated rings. The van der Waals surface area contributed by atoms with E-state index in [-0.39, 0.29) is 17.2 Å². The minimum atomic E-state index is -1.75. The van der Waals surface area contributed by atoms with Gasteiger partial charge in [-0.05, 0) is 50.2 Å². The molecule has 0 aliphatic carbocycles. The molecule has 3 atom stereocenters. The number of piperidine rings is 1. The fraction of sp³-hybridized carbons (Fsp3) is 0.833. The summed E-state index contributed by atoms with van der Waals surface area (Å²) in [6, 6.07) is 0.688. The summed E-state index contributed by atoms with van der Waals surface area (Å²) in [6.45, 7) is 14.7. The number of nitrogens with two attached hydrogens (primary N) is 1. The molecule has 0 saturated carbocycles.